The molecule has 1 rings (SSSR count). The molecule has 0 aromatic carbocycles. The van der Waals surface area contributed by atoms with Gasteiger partial charge in [0.05, 0.1) is 11.9 Å². The summed E-state index contributed by atoms with van der Waals surface area (Å²) in [6.07, 6.45) is 4.10. The lowest BCUT2D eigenvalue weighted by Gasteiger charge is -2.05. The van der Waals surface area contributed by atoms with Crippen molar-refractivity contribution >= 4 is 11.5 Å². The van der Waals surface area contributed by atoms with Gasteiger partial charge in [0.1, 0.15) is 5.82 Å². The zero-order valence-corrected chi connectivity index (χ0v) is 8.59. The standard InChI is InChI=1S/C10H18N4/c1-12-6-2-3-7-13-9-4-5-10(11)14-8-9/h4-5,8,12-13H,2-3,6-7H2,1H3,(H2,11,14). The van der Waals surface area contributed by atoms with Crippen LogP contribution in [0.2, 0.25) is 0 Å². The first-order valence-corrected chi connectivity index (χ1v) is 4.93. The highest BCUT2D eigenvalue weighted by Crippen LogP contribution is 2.06. The highest BCUT2D eigenvalue weighted by atomic mass is 14.9. The molecular formula is C10H18N4. The zero-order chi connectivity index (χ0) is 10.2. The van der Waals surface area contributed by atoms with E-state index in [1.807, 2.05) is 13.1 Å². The van der Waals surface area contributed by atoms with Crippen molar-refractivity contribution in [3.05, 3.63) is 18.3 Å². The van der Waals surface area contributed by atoms with Crippen molar-refractivity contribution in [2.45, 2.75) is 12.8 Å². The second kappa shape index (κ2) is 6.21. The fraction of sp³-hybridized carbons (Fsp3) is 0.500. The lowest BCUT2D eigenvalue weighted by atomic mass is 10.3. The number of pyridine rings is 1. The van der Waals surface area contributed by atoms with Crippen molar-refractivity contribution in [1.82, 2.24) is 10.3 Å². The van der Waals surface area contributed by atoms with Crippen molar-refractivity contribution in [3.63, 3.8) is 0 Å². The Balaban J connectivity index is 2.15. The van der Waals surface area contributed by atoms with Gasteiger partial charge in [-0.1, -0.05) is 0 Å². The van der Waals surface area contributed by atoms with Crippen LogP contribution in [-0.2, 0) is 0 Å². The average molecular weight is 194 g/mol. The first-order chi connectivity index (χ1) is 6.83. The first kappa shape index (κ1) is 10.8. The van der Waals surface area contributed by atoms with E-state index in [4.69, 9.17) is 5.73 Å². The minimum Gasteiger partial charge on any atom is -0.384 e. The summed E-state index contributed by atoms with van der Waals surface area (Å²) in [6.45, 7) is 2.05. The Morgan fingerprint density at radius 3 is 2.71 bits per heavy atom. The number of nitrogens with two attached hydrogens (primary N) is 1. The maximum Gasteiger partial charge on any atom is 0.123 e. The van der Waals surface area contributed by atoms with E-state index in [2.05, 4.69) is 15.6 Å². The molecule has 1 heterocycles. The maximum absolute atomic E-state index is 5.47. The fourth-order valence-corrected chi connectivity index (χ4v) is 1.17. The van der Waals surface area contributed by atoms with Crippen LogP contribution in [0.25, 0.3) is 0 Å². The molecule has 1 aromatic rings. The molecule has 0 saturated heterocycles. The predicted octanol–water partition coefficient (Wildman–Crippen LogP) is 1.08. The number of unbranched alkanes of at least 4 members (excludes halogenated alkanes) is 1. The molecule has 0 aliphatic heterocycles. The third kappa shape index (κ3) is 4.09. The normalized spacial score (nSPS) is 10.1. The van der Waals surface area contributed by atoms with Crippen LogP contribution >= 0.6 is 0 Å². The van der Waals surface area contributed by atoms with E-state index in [1.165, 1.54) is 6.42 Å². The molecule has 0 radical (unpaired) electrons. The van der Waals surface area contributed by atoms with Crippen molar-refractivity contribution in [2.24, 2.45) is 0 Å². The van der Waals surface area contributed by atoms with Crippen LogP contribution in [-0.4, -0.2) is 25.1 Å². The van der Waals surface area contributed by atoms with Gasteiger partial charge in [-0.25, -0.2) is 4.98 Å². The topological polar surface area (TPSA) is 63.0 Å². The Morgan fingerprint density at radius 2 is 2.07 bits per heavy atom. The van der Waals surface area contributed by atoms with Gasteiger partial charge in [0.2, 0.25) is 0 Å². The molecule has 0 bridgehead atoms. The Morgan fingerprint density at radius 1 is 1.29 bits per heavy atom. The maximum atomic E-state index is 5.47. The molecule has 0 unspecified atom stereocenters. The average Bonchev–Trinajstić information content (AvgIpc) is 2.21. The number of hydrogen-bond acceptors (Lipinski definition) is 4. The molecule has 0 aliphatic rings. The molecule has 0 aliphatic carbocycles. The highest BCUT2D eigenvalue weighted by Gasteiger charge is 1.91. The smallest absolute Gasteiger partial charge is 0.123 e. The van der Waals surface area contributed by atoms with E-state index in [9.17, 15) is 0 Å². The third-order valence-electron chi connectivity index (χ3n) is 1.97. The SMILES string of the molecule is CNCCCCNc1ccc(N)nc1. The van der Waals surface area contributed by atoms with Gasteiger partial charge in [-0.2, -0.15) is 0 Å². The molecule has 0 saturated carbocycles. The van der Waals surface area contributed by atoms with Crippen molar-refractivity contribution in [2.75, 3.05) is 31.2 Å². The van der Waals surface area contributed by atoms with Crippen molar-refractivity contribution < 1.29 is 0 Å². The van der Waals surface area contributed by atoms with Gasteiger partial charge in [0.15, 0.2) is 0 Å². The molecule has 0 fully saturated rings. The summed E-state index contributed by atoms with van der Waals surface area (Å²) >= 11 is 0. The monoisotopic (exact) mass is 194 g/mol. The van der Waals surface area contributed by atoms with E-state index in [0.29, 0.717) is 5.82 Å². The summed E-state index contributed by atoms with van der Waals surface area (Å²) in [6, 6.07) is 3.75. The van der Waals surface area contributed by atoms with Crippen LogP contribution in [0.4, 0.5) is 11.5 Å². The Bertz CT molecular complexity index is 245. The predicted molar refractivity (Wildman–Crippen MR) is 60.3 cm³/mol. The molecule has 1 aromatic heterocycles. The van der Waals surface area contributed by atoms with Crippen LogP contribution in [0.1, 0.15) is 12.8 Å². The summed E-state index contributed by atoms with van der Waals surface area (Å²) in [5.74, 6) is 0.561. The lowest BCUT2D eigenvalue weighted by molar-refractivity contribution is 0.694. The molecule has 4 nitrogen and oxygen atoms in total. The zero-order valence-electron chi connectivity index (χ0n) is 8.59. The van der Waals surface area contributed by atoms with Gasteiger partial charge < -0.3 is 16.4 Å². The minimum absolute atomic E-state index is 0.561. The third-order valence-corrected chi connectivity index (χ3v) is 1.97. The molecule has 4 heteroatoms. The van der Waals surface area contributed by atoms with E-state index >= 15 is 0 Å². The summed E-state index contributed by atoms with van der Waals surface area (Å²) in [7, 11) is 1.97. The Hall–Kier alpha value is -1.29. The van der Waals surface area contributed by atoms with E-state index < -0.39 is 0 Å². The van der Waals surface area contributed by atoms with Crippen LogP contribution in [0.15, 0.2) is 18.3 Å². The highest BCUT2D eigenvalue weighted by molar-refractivity contribution is 5.45. The second-order valence-corrected chi connectivity index (χ2v) is 3.21. The number of hydrogen-bond donors (Lipinski definition) is 3. The van der Waals surface area contributed by atoms with E-state index in [-0.39, 0.29) is 0 Å². The Labute approximate surface area is 84.9 Å². The van der Waals surface area contributed by atoms with Crippen LogP contribution < -0.4 is 16.4 Å². The number of anilines is 2. The molecule has 78 valence electrons. The largest absolute Gasteiger partial charge is 0.384 e. The minimum atomic E-state index is 0.561. The summed E-state index contributed by atoms with van der Waals surface area (Å²) < 4.78 is 0. The van der Waals surface area contributed by atoms with Gasteiger partial charge in [-0.15, -0.1) is 0 Å². The quantitative estimate of drug-likeness (QED) is 0.593. The van der Waals surface area contributed by atoms with Crippen LogP contribution in [0, 0.1) is 0 Å². The van der Waals surface area contributed by atoms with Gasteiger partial charge in [-0.3, -0.25) is 0 Å². The van der Waals surface area contributed by atoms with E-state index in [1.54, 1.807) is 12.3 Å². The summed E-state index contributed by atoms with van der Waals surface area (Å²) in [4.78, 5) is 4.00. The van der Waals surface area contributed by atoms with Crippen molar-refractivity contribution in [3.8, 4) is 0 Å². The number of nitrogen functional groups attached to an aromatic ring is 1. The molecule has 0 atom stereocenters. The molecule has 0 amide bonds. The second-order valence-electron chi connectivity index (χ2n) is 3.21. The van der Waals surface area contributed by atoms with Gasteiger partial charge in [0.25, 0.3) is 0 Å². The van der Waals surface area contributed by atoms with Crippen LogP contribution in [0.3, 0.4) is 0 Å². The molecule has 0 spiro atoms. The van der Waals surface area contributed by atoms with Gasteiger partial charge >= 0.3 is 0 Å². The fourth-order valence-electron chi connectivity index (χ4n) is 1.17. The molecular weight excluding hydrogens is 176 g/mol. The first-order valence-electron chi connectivity index (χ1n) is 4.93. The molecule has 4 N–H and O–H groups in total. The summed E-state index contributed by atoms with van der Waals surface area (Å²) in [5, 5.41) is 6.40. The summed E-state index contributed by atoms with van der Waals surface area (Å²) in [5.41, 5.74) is 6.51. The van der Waals surface area contributed by atoms with Crippen LogP contribution in [0.5, 0.6) is 0 Å². The number of nitrogens with zero attached hydrogens (tertiary/aromatic N) is 1. The number of rotatable bonds is 6. The van der Waals surface area contributed by atoms with E-state index in [0.717, 1.165) is 25.2 Å². The molecule has 14 heavy (non-hydrogen) atoms. The Kier molecular flexibility index (Phi) is 4.78. The van der Waals surface area contributed by atoms with Gasteiger partial charge in [-0.05, 0) is 38.6 Å². The number of aromatic nitrogens is 1. The number of nitrogens with one attached hydrogen (secondary N) is 2. The van der Waals surface area contributed by atoms with Crippen molar-refractivity contribution in [1.29, 1.82) is 0 Å². The van der Waals surface area contributed by atoms with Gasteiger partial charge in [0, 0.05) is 6.54 Å². The lowest BCUT2D eigenvalue weighted by Crippen LogP contribution is -2.10.